The van der Waals surface area contributed by atoms with Gasteiger partial charge in [-0.3, -0.25) is 4.79 Å². The van der Waals surface area contributed by atoms with Crippen molar-refractivity contribution >= 4 is 44.8 Å². The van der Waals surface area contributed by atoms with Crippen LogP contribution in [0.4, 0.5) is 0 Å². The standard InChI is InChI=1S/C35H23N3O5/c39-34-27-10-4-5-11-29(27)37-33(32-19-25-8-2-6-12-30(25)43-32)38(34)36-20-28-26-9-3-1-7-23(26)17-18-31(28)42-21-22-13-15-24(16-14-22)35(40)41/h1-20H,21H2,(H,40,41). The lowest BCUT2D eigenvalue weighted by Crippen LogP contribution is -2.20. The molecule has 0 aliphatic rings. The van der Waals surface area contributed by atoms with Crippen LogP contribution in [0, 0.1) is 0 Å². The molecule has 0 unspecified atom stereocenters. The second-order valence-electron chi connectivity index (χ2n) is 9.95. The molecule has 208 valence electrons. The lowest BCUT2D eigenvalue weighted by atomic mass is 10.0. The van der Waals surface area contributed by atoms with Crippen molar-refractivity contribution < 1.29 is 19.1 Å². The lowest BCUT2D eigenvalue weighted by molar-refractivity contribution is 0.0697. The molecule has 0 aliphatic carbocycles. The van der Waals surface area contributed by atoms with Crippen LogP contribution in [0.15, 0.2) is 130 Å². The molecule has 0 aliphatic heterocycles. The van der Waals surface area contributed by atoms with Crippen molar-refractivity contribution in [1.29, 1.82) is 0 Å². The van der Waals surface area contributed by atoms with Crippen LogP contribution in [0.3, 0.4) is 0 Å². The van der Waals surface area contributed by atoms with Gasteiger partial charge in [0.1, 0.15) is 17.9 Å². The van der Waals surface area contributed by atoms with E-state index in [1.54, 1.807) is 48.7 Å². The smallest absolute Gasteiger partial charge is 0.335 e. The van der Waals surface area contributed by atoms with Gasteiger partial charge >= 0.3 is 5.97 Å². The number of fused-ring (bicyclic) bond motifs is 3. The van der Waals surface area contributed by atoms with E-state index in [4.69, 9.17) is 14.1 Å². The summed E-state index contributed by atoms with van der Waals surface area (Å²) in [6.07, 6.45) is 1.61. The number of hydrogen-bond donors (Lipinski definition) is 1. The minimum atomic E-state index is -0.985. The Hall–Kier alpha value is -6.02. The molecule has 0 bridgehead atoms. The number of benzene rings is 5. The summed E-state index contributed by atoms with van der Waals surface area (Å²) in [7, 11) is 0. The van der Waals surface area contributed by atoms with Crippen molar-refractivity contribution in [2.45, 2.75) is 6.61 Å². The predicted octanol–water partition coefficient (Wildman–Crippen LogP) is 7.12. The highest BCUT2D eigenvalue weighted by Crippen LogP contribution is 2.29. The number of carboxylic acids is 1. The highest BCUT2D eigenvalue weighted by atomic mass is 16.5. The van der Waals surface area contributed by atoms with Crippen molar-refractivity contribution in [3.63, 3.8) is 0 Å². The Kier molecular flexibility index (Phi) is 6.48. The van der Waals surface area contributed by atoms with E-state index in [-0.39, 0.29) is 23.6 Å². The maximum atomic E-state index is 13.8. The second kappa shape index (κ2) is 10.8. The molecule has 0 saturated heterocycles. The minimum absolute atomic E-state index is 0.206. The molecule has 0 spiro atoms. The van der Waals surface area contributed by atoms with Crippen LogP contribution in [-0.2, 0) is 6.61 Å². The van der Waals surface area contributed by atoms with Gasteiger partial charge in [0.05, 0.1) is 22.7 Å². The van der Waals surface area contributed by atoms with E-state index in [9.17, 15) is 14.7 Å². The van der Waals surface area contributed by atoms with Crippen molar-refractivity contribution in [2.24, 2.45) is 5.10 Å². The number of hydrogen-bond acceptors (Lipinski definition) is 6. The van der Waals surface area contributed by atoms with Gasteiger partial charge in [0, 0.05) is 10.9 Å². The van der Waals surface area contributed by atoms with Crippen molar-refractivity contribution in [1.82, 2.24) is 9.66 Å². The molecule has 0 atom stereocenters. The number of carboxylic acid groups (broad SMARTS) is 1. The third kappa shape index (κ3) is 4.91. The topological polar surface area (TPSA) is 107 Å². The zero-order valence-electron chi connectivity index (χ0n) is 22.7. The Morgan fingerprint density at radius 2 is 1.58 bits per heavy atom. The molecule has 43 heavy (non-hydrogen) atoms. The zero-order chi connectivity index (χ0) is 29.3. The molecule has 8 nitrogen and oxygen atoms in total. The van der Waals surface area contributed by atoms with Crippen LogP contribution in [-0.4, -0.2) is 27.0 Å². The molecule has 2 aromatic heterocycles. The molecule has 5 aromatic carbocycles. The number of furan rings is 1. The molecular formula is C35H23N3O5. The van der Waals surface area contributed by atoms with E-state index in [0.717, 1.165) is 21.7 Å². The van der Waals surface area contributed by atoms with Crippen molar-refractivity contribution in [3.05, 3.63) is 142 Å². The SMILES string of the molecule is O=C(O)c1ccc(COc2ccc3ccccc3c2C=Nn2c(-c3cc4ccccc4o3)nc3ccccc3c2=O)cc1. The minimum Gasteiger partial charge on any atom is -0.488 e. The van der Waals surface area contributed by atoms with Crippen LogP contribution in [0.2, 0.25) is 0 Å². The fourth-order valence-electron chi connectivity index (χ4n) is 5.04. The van der Waals surface area contributed by atoms with Crippen LogP contribution in [0.5, 0.6) is 5.75 Å². The molecule has 0 saturated carbocycles. The third-order valence-electron chi connectivity index (χ3n) is 7.23. The maximum Gasteiger partial charge on any atom is 0.335 e. The van der Waals surface area contributed by atoms with Gasteiger partial charge in [-0.25, -0.2) is 9.78 Å². The Balaban J connectivity index is 1.34. The quantitative estimate of drug-likeness (QED) is 0.206. The first-order chi connectivity index (χ1) is 21.0. The largest absolute Gasteiger partial charge is 0.488 e. The first-order valence-electron chi connectivity index (χ1n) is 13.6. The van der Waals surface area contributed by atoms with Gasteiger partial charge in [0.15, 0.2) is 5.76 Å². The first kappa shape index (κ1) is 25.9. The number of aromatic carboxylic acids is 1. The number of para-hydroxylation sites is 2. The zero-order valence-corrected chi connectivity index (χ0v) is 22.7. The monoisotopic (exact) mass is 565 g/mol. The third-order valence-corrected chi connectivity index (χ3v) is 7.23. The van der Waals surface area contributed by atoms with Gasteiger partial charge in [-0.1, -0.05) is 72.8 Å². The van der Waals surface area contributed by atoms with Gasteiger partial charge in [0.2, 0.25) is 5.82 Å². The molecular weight excluding hydrogens is 542 g/mol. The van der Waals surface area contributed by atoms with E-state index in [2.05, 4.69) is 5.10 Å². The fourth-order valence-corrected chi connectivity index (χ4v) is 5.04. The van der Waals surface area contributed by atoms with Gasteiger partial charge < -0.3 is 14.3 Å². The molecule has 7 aromatic rings. The number of carbonyl (C=O) groups is 1. The average Bonchev–Trinajstić information content (AvgIpc) is 3.48. The number of aromatic nitrogens is 2. The predicted molar refractivity (Wildman–Crippen MR) is 166 cm³/mol. The number of rotatable bonds is 7. The van der Waals surface area contributed by atoms with Crippen LogP contribution < -0.4 is 10.3 Å². The summed E-state index contributed by atoms with van der Waals surface area (Å²) >= 11 is 0. The summed E-state index contributed by atoms with van der Waals surface area (Å²) in [5, 5.41) is 17.1. The summed E-state index contributed by atoms with van der Waals surface area (Å²) < 4.78 is 13.6. The molecule has 0 amide bonds. The van der Waals surface area contributed by atoms with Gasteiger partial charge in [-0.15, -0.1) is 0 Å². The normalized spacial score (nSPS) is 11.5. The first-order valence-corrected chi connectivity index (χ1v) is 13.6. The van der Waals surface area contributed by atoms with E-state index in [1.165, 1.54) is 4.68 Å². The summed E-state index contributed by atoms with van der Waals surface area (Å²) in [5.41, 5.74) is 2.57. The average molecular weight is 566 g/mol. The summed E-state index contributed by atoms with van der Waals surface area (Å²) in [4.78, 5) is 29.8. The van der Waals surface area contributed by atoms with Crippen molar-refractivity contribution in [2.75, 3.05) is 0 Å². The summed E-state index contributed by atoms with van der Waals surface area (Å²) in [6.45, 7) is 0.209. The fraction of sp³-hybridized carbons (Fsp3) is 0.0286. The molecule has 7 rings (SSSR count). The Morgan fingerprint density at radius 1 is 0.860 bits per heavy atom. The van der Waals surface area contributed by atoms with Crippen LogP contribution in [0.25, 0.3) is 44.2 Å². The van der Waals surface area contributed by atoms with Crippen LogP contribution >= 0.6 is 0 Å². The van der Waals surface area contributed by atoms with Crippen LogP contribution in [0.1, 0.15) is 21.5 Å². The molecule has 2 heterocycles. The highest BCUT2D eigenvalue weighted by molar-refractivity contribution is 6.02. The van der Waals surface area contributed by atoms with Gasteiger partial charge in [0.25, 0.3) is 5.56 Å². The lowest BCUT2D eigenvalue weighted by Gasteiger charge is -2.13. The maximum absolute atomic E-state index is 13.8. The molecule has 8 heteroatoms. The van der Waals surface area contributed by atoms with Gasteiger partial charge in [-0.2, -0.15) is 9.78 Å². The number of ether oxygens (including phenoxy) is 1. The molecule has 0 radical (unpaired) electrons. The van der Waals surface area contributed by atoms with E-state index in [1.807, 2.05) is 72.8 Å². The summed E-state index contributed by atoms with van der Waals surface area (Å²) in [5.74, 6) is 0.260. The number of nitrogens with zero attached hydrogens (tertiary/aromatic N) is 3. The van der Waals surface area contributed by atoms with E-state index < -0.39 is 5.97 Å². The highest BCUT2D eigenvalue weighted by Gasteiger charge is 2.17. The van der Waals surface area contributed by atoms with Gasteiger partial charge in [-0.05, 0) is 58.8 Å². The Bertz CT molecular complexity index is 2210. The van der Waals surface area contributed by atoms with E-state index in [0.29, 0.717) is 33.6 Å². The Labute approximate surface area is 244 Å². The molecule has 0 fully saturated rings. The second-order valence-corrected chi connectivity index (χ2v) is 9.95. The summed E-state index contributed by atoms with van der Waals surface area (Å²) in [6, 6.07) is 34.8. The Morgan fingerprint density at radius 3 is 2.37 bits per heavy atom. The molecule has 1 N–H and O–H groups in total. The van der Waals surface area contributed by atoms with E-state index >= 15 is 0 Å². The van der Waals surface area contributed by atoms with Crippen molar-refractivity contribution in [3.8, 4) is 17.3 Å².